The number of methoxy groups -OCH3 is 1. The Bertz CT molecular complexity index is 613. The average Bonchev–Trinajstić information content (AvgIpc) is 2.37. The van der Waals surface area contributed by atoms with Crippen LogP contribution in [0.1, 0.15) is 5.56 Å². The summed E-state index contributed by atoms with van der Waals surface area (Å²) in [7, 11) is 0.974. The number of hydrogen-bond donors (Lipinski definition) is 2. The first-order chi connectivity index (χ1) is 9.69. The number of aryl methyl sites for hydroxylation is 1. The lowest BCUT2D eigenvalue weighted by molar-refractivity contribution is -0.140. The molecule has 0 aliphatic rings. The second-order valence-electron chi connectivity index (χ2n) is 4.81. The minimum absolute atomic E-state index is 0.0131. The molecular formula is C13H20N2O5S. The first-order valence-electron chi connectivity index (χ1n) is 6.21. The number of sulfonamides is 1. The zero-order valence-corrected chi connectivity index (χ0v) is 13.3. The van der Waals surface area contributed by atoms with E-state index in [0.717, 1.165) is 11.3 Å². The topological polar surface area (TPSA) is 95.9 Å². The summed E-state index contributed by atoms with van der Waals surface area (Å²) in [5, 5.41) is 8.99. The van der Waals surface area contributed by atoms with E-state index in [0.29, 0.717) is 0 Å². The lowest BCUT2D eigenvalue weighted by Crippen LogP contribution is -2.43. The minimum atomic E-state index is -3.94. The van der Waals surface area contributed by atoms with E-state index in [1.54, 1.807) is 25.1 Å². The molecule has 1 atom stereocenters. The van der Waals surface area contributed by atoms with Crippen LogP contribution in [0.4, 0.5) is 5.69 Å². The largest absolute Gasteiger partial charge is 0.480 e. The fraction of sp³-hybridized carbons (Fsp3) is 0.462. The number of rotatable bonds is 7. The van der Waals surface area contributed by atoms with E-state index in [1.807, 2.05) is 6.92 Å². The van der Waals surface area contributed by atoms with Crippen molar-refractivity contribution in [2.24, 2.45) is 0 Å². The highest BCUT2D eigenvalue weighted by Gasteiger charge is 2.25. The van der Waals surface area contributed by atoms with Crippen LogP contribution in [0.2, 0.25) is 0 Å². The fourth-order valence-electron chi connectivity index (χ4n) is 1.82. The molecule has 1 aromatic carbocycles. The summed E-state index contributed by atoms with van der Waals surface area (Å²) in [5.41, 5.74) is 1.67. The fourth-order valence-corrected chi connectivity index (χ4v) is 3.01. The van der Waals surface area contributed by atoms with Gasteiger partial charge in [-0.25, -0.2) is 8.42 Å². The number of carbonyl (C=O) groups is 1. The van der Waals surface area contributed by atoms with Crippen LogP contribution >= 0.6 is 0 Å². The number of benzene rings is 1. The molecule has 21 heavy (non-hydrogen) atoms. The van der Waals surface area contributed by atoms with E-state index in [9.17, 15) is 13.2 Å². The molecule has 1 aromatic rings. The van der Waals surface area contributed by atoms with Gasteiger partial charge in [0.15, 0.2) is 0 Å². The molecule has 0 aromatic heterocycles. The van der Waals surface area contributed by atoms with Crippen molar-refractivity contribution in [3.8, 4) is 0 Å². The Hall–Kier alpha value is -1.64. The van der Waals surface area contributed by atoms with Gasteiger partial charge in [0.05, 0.1) is 11.5 Å². The number of nitrogens with one attached hydrogen (secondary N) is 1. The van der Waals surface area contributed by atoms with Crippen molar-refractivity contribution in [1.82, 2.24) is 4.72 Å². The van der Waals surface area contributed by atoms with Crippen LogP contribution in [-0.4, -0.2) is 53.3 Å². The Labute approximate surface area is 124 Å². The number of aliphatic carboxylic acids is 1. The maximum Gasteiger partial charge on any atom is 0.324 e. The van der Waals surface area contributed by atoms with Gasteiger partial charge in [-0.05, 0) is 24.6 Å². The number of carboxylic acids is 1. The molecule has 7 nitrogen and oxygen atoms in total. The molecule has 0 aliphatic heterocycles. The van der Waals surface area contributed by atoms with Crippen molar-refractivity contribution in [3.05, 3.63) is 23.8 Å². The summed E-state index contributed by atoms with van der Waals surface area (Å²) in [4.78, 5) is 12.8. The van der Waals surface area contributed by atoms with Crippen molar-refractivity contribution in [3.63, 3.8) is 0 Å². The van der Waals surface area contributed by atoms with E-state index in [1.165, 1.54) is 19.2 Å². The predicted molar refractivity (Wildman–Crippen MR) is 79.1 cm³/mol. The molecule has 0 fully saturated rings. The van der Waals surface area contributed by atoms with Gasteiger partial charge in [0.25, 0.3) is 0 Å². The summed E-state index contributed by atoms with van der Waals surface area (Å²) in [5.74, 6) is -1.29. The van der Waals surface area contributed by atoms with E-state index in [4.69, 9.17) is 9.84 Å². The third-order valence-corrected chi connectivity index (χ3v) is 4.37. The van der Waals surface area contributed by atoms with Gasteiger partial charge < -0.3 is 14.7 Å². The lowest BCUT2D eigenvalue weighted by Gasteiger charge is -2.18. The Morgan fingerprint density at radius 2 is 2.05 bits per heavy atom. The Balaban J connectivity index is 3.13. The molecule has 0 radical (unpaired) electrons. The number of hydrogen-bond acceptors (Lipinski definition) is 5. The smallest absolute Gasteiger partial charge is 0.324 e. The van der Waals surface area contributed by atoms with Gasteiger partial charge in [0.1, 0.15) is 6.04 Å². The molecular weight excluding hydrogens is 296 g/mol. The summed E-state index contributed by atoms with van der Waals surface area (Å²) < 4.78 is 31.4. The number of nitrogens with zero attached hydrogens (tertiary/aromatic N) is 1. The summed E-state index contributed by atoms with van der Waals surface area (Å²) in [6.45, 7) is 1.62. The molecule has 0 amide bonds. The maximum atomic E-state index is 12.3. The van der Waals surface area contributed by atoms with Crippen LogP contribution in [0.5, 0.6) is 0 Å². The minimum Gasteiger partial charge on any atom is -0.480 e. The summed E-state index contributed by atoms with van der Waals surface area (Å²) in [6, 6.07) is 3.29. The van der Waals surface area contributed by atoms with Gasteiger partial charge in [0, 0.05) is 26.9 Å². The predicted octanol–water partition coefficient (Wildman–Crippen LogP) is 0.439. The molecule has 0 heterocycles. The second-order valence-corrected chi connectivity index (χ2v) is 6.52. The van der Waals surface area contributed by atoms with Crippen LogP contribution in [0.3, 0.4) is 0 Å². The molecule has 0 aliphatic carbocycles. The van der Waals surface area contributed by atoms with Crippen LogP contribution in [0, 0.1) is 6.92 Å². The maximum absolute atomic E-state index is 12.3. The number of ether oxygens (including phenoxy) is 1. The van der Waals surface area contributed by atoms with Gasteiger partial charge in [-0.1, -0.05) is 6.07 Å². The quantitative estimate of drug-likeness (QED) is 0.758. The molecule has 0 spiro atoms. The molecule has 2 N–H and O–H groups in total. The SMILES string of the molecule is COCC(NS(=O)(=O)c1ccc(C)c(N(C)C)c1)C(=O)O. The highest BCUT2D eigenvalue weighted by atomic mass is 32.2. The first-order valence-corrected chi connectivity index (χ1v) is 7.69. The molecule has 0 saturated carbocycles. The third kappa shape index (κ3) is 4.42. The Kier molecular flexibility index (Phi) is 5.70. The summed E-state index contributed by atoms with van der Waals surface area (Å²) >= 11 is 0. The highest BCUT2D eigenvalue weighted by Crippen LogP contribution is 2.22. The Morgan fingerprint density at radius 3 is 2.52 bits per heavy atom. The van der Waals surface area contributed by atoms with Crippen molar-refractivity contribution in [1.29, 1.82) is 0 Å². The monoisotopic (exact) mass is 316 g/mol. The van der Waals surface area contributed by atoms with Crippen molar-refractivity contribution in [2.75, 3.05) is 32.7 Å². The molecule has 0 bridgehead atoms. The van der Waals surface area contributed by atoms with Crippen molar-refractivity contribution >= 4 is 21.7 Å². The van der Waals surface area contributed by atoms with Crippen molar-refractivity contribution in [2.45, 2.75) is 17.9 Å². The molecule has 118 valence electrons. The summed E-state index contributed by atoms with van der Waals surface area (Å²) in [6.07, 6.45) is 0. The van der Waals surface area contributed by atoms with Gasteiger partial charge in [-0.3, -0.25) is 4.79 Å². The third-order valence-electron chi connectivity index (χ3n) is 2.90. The van der Waals surface area contributed by atoms with E-state index >= 15 is 0 Å². The molecule has 0 saturated heterocycles. The van der Waals surface area contributed by atoms with Crippen molar-refractivity contribution < 1.29 is 23.1 Å². The van der Waals surface area contributed by atoms with E-state index in [-0.39, 0.29) is 11.5 Å². The van der Waals surface area contributed by atoms with Gasteiger partial charge in [0.2, 0.25) is 10.0 Å². The molecule has 1 unspecified atom stereocenters. The normalized spacial score (nSPS) is 13.0. The Morgan fingerprint density at radius 1 is 1.43 bits per heavy atom. The average molecular weight is 316 g/mol. The highest BCUT2D eigenvalue weighted by molar-refractivity contribution is 7.89. The first kappa shape index (κ1) is 17.4. The molecule has 1 rings (SSSR count). The van der Waals surface area contributed by atoms with Gasteiger partial charge >= 0.3 is 5.97 Å². The number of carboxylic acid groups (broad SMARTS) is 1. The van der Waals surface area contributed by atoms with E-state index in [2.05, 4.69) is 4.72 Å². The van der Waals surface area contributed by atoms with Gasteiger partial charge in [-0.15, -0.1) is 0 Å². The zero-order valence-electron chi connectivity index (χ0n) is 12.5. The van der Waals surface area contributed by atoms with Crippen LogP contribution < -0.4 is 9.62 Å². The van der Waals surface area contributed by atoms with Crippen LogP contribution in [0.25, 0.3) is 0 Å². The van der Waals surface area contributed by atoms with E-state index < -0.39 is 22.0 Å². The molecule has 8 heteroatoms. The second kappa shape index (κ2) is 6.88. The van der Waals surface area contributed by atoms with Crippen LogP contribution in [0.15, 0.2) is 23.1 Å². The zero-order chi connectivity index (χ0) is 16.2. The van der Waals surface area contributed by atoms with Crippen LogP contribution in [-0.2, 0) is 19.6 Å². The lowest BCUT2D eigenvalue weighted by atomic mass is 10.2. The van der Waals surface area contributed by atoms with Gasteiger partial charge in [-0.2, -0.15) is 4.72 Å². The standard InChI is InChI=1S/C13H20N2O5S/c1-9-5-6-10(7-12(9)15(2)3)21(18,19)14-11(8-20-4)13(16)17/h5-7,11,14H,8H2,1-4H3,(H,16,17). The number of anilines is 1.